The fourth-order valence-corrected chi connectivity index (χ4v) is 1.34. The fourth-order valence-electron chi connectivity index (χ4n) is 0.786. The normalized spacial score (nSPS) is 9.64. The molecule has 0 aliphatic carbocycles. The Hall–Kier alpha value is -0.560. The number of carbonyl (C=O) groups excluding carboxylic acids is 1. The minimum Gasteiger partial charge on any atom is -0.433 e. The first-order valence-electron chi connectivity index (χ1n) is 3.58. The number of nitrogens with one attached hydrogen (secondary N) is 1. The molecule has 3 nitrogen and oxygen atoms in total. The topological polar surface area (TPSA) is 38.3 Å². The molecule has 0 fully saturated rings. The van der Waals surface area contributed by atoms with Gasteiger partial charge in [-0.05, 0) is 40.8 Å². The van der Waals surface area contributed by atoms with Gasteiger partial charge >= 0.3 is 6.09 Å². The second kappa shape index (κ2) is 5.35. The number of hydrogen-bond acceptors (Lipinski definition) is 2. The van der Waals surface area contributed by atoms with Crippen molar-refractivity contribution in [2.24, 2.45) is 0 Å². The van der Waals surface area contributed by atoms with Crippen LogP contribution in [0.3, 0.4) is 0 Å². The summed E-state index contributed by atoms with van der Waals surface area (Å²) >= 11 is 7.12. The molecule has 76 valence electrons. The van der Waals surface area contributed by atoms with Crippen LogP contribution in [-0.4, -0.2) is 12.2 Å². The molecule has 0 atom stereocenters. The summed E-state index contributed by atoms with van der Waals surface area (Å²) in [6.07, 6.45) is -0.778. The van der Waals surface area contributed by atoms with Crippen LogP contribution in [0.25, 0.3) is 0 Å². The van der Waals surface area contributed by atoms with Gasteiger partial charge in [0.25, 0.3) is 0 Å². The summed E-state index contributed by atoms with van der Waals surface area (Å²) in [6, 6.07) is 4.15. The van der Waals surface area contributed by atoms with Crippen LogP contribution in [0.2, 0.25) is 0 Å². The van der Waals surface area contributed by atoms with Crippen molar-refractivity contribution in [3.63, 3.8) is 0 Å². The highest BCUT2D eigenvalue weighted by molar-refractivity contribution is 14.1. The molecule has 0 heterocycles. The van der Waals surface area contributed by atoms with Crippen molar-refractivity contribution >= 4 is 46.0 Å². The second-order valence-electron chi connectivity index (χ2n) is 2.29. The Labute approximate surface area is 98.7 Å². The monoisotopic (exact) mass is 329 g/mol. The van der Waals surface area contributed by atoms with Gasteiger partial charge in [0.1, 0.15) is 5.82 Å². The number of alkyl halides is 1. The van der Waals surface area contributed by atoms with Crippen LogP contribution in [-0.2, 0) is 4.74 Å². The molecule has 1 aromatic rings. The van der Waals surface area contributed by atoms with Crippen LogP contribution in [0.15, 0.2) is 18.2 Å². The molecule has 1 rings (SSSR count). The van der Waals surface area contributed by atoms with Gasteiger partial charge in [-0.2, -0.15) is 0 Å². The van der Waals surface area contributed by atoms with E-state index in [1.807, 2.05) is 22.6 Å². The van der Waals surface area contributed by atoms with E-state index in [1.165, 1.54) is 12.1 Å². The summed E-state index contributed by atoms with van der Waals surface area (Å²) in [6.45, 7) is 0. The first kappa shape index (κ1) is 11.5. The van der Waals surface area contributed by atoms with Gasteiger partial charge in [0.05, 0.1) is 5.69 Å². The fraction of sp³-hybridized carbons (Fsp3) is 0.125. The van der Waals surface area contributed by atoms with Crippen LogP contribution in [0.4, 0.5) is 14.9 Å². The number of benzene rings is 1. The lowest BCUT2D eigenvalue weighted by Crippen LogP contribution is -2.13. The minimum atomic E-state index is -0.778. The van der Waals surface area contributed by atoms with Crippen LogP contribution in [0.5, 0.6) is 0 Å². The summed E-state index contributed by atoms with van der Waals surface area (Å²) in [5, 5.41) is 2.21. The van der Waals surface area contributed by atoms with E-state index in [2.05, 4.69) is 10.1 Å². The van der Waals surface area contributed by atoms with E-state index >= 15 is 0 Å². The molecule has 0 aromatic heterocycles. The van der Waals surface area contributed by atoms with E-state index in [4.69, 9.17) is 11.6 Å². The quantitative estimate of drug-likeness (QED) is 0.668. The molecule has 0 spiro atoms. The number of anilines is 1. The molecule has 1 amide bonds. The van der Waals surface area contributed by atoms with Crippen molar-refractivity contribution in [1.82, 2.24) is 0 Å². The Bertz CT molecular complexity index is 348. The smallest absolute Gasteiger partial charge is 0.412 e. The van der Waals surface area contributed by atoms with Crippen LogP contribution < -0.4 is 5.32 Å². The molecular weight excluding hydrogens is 323 g/mol. The Morgan fingerprint density at radius 1 is 1.64 bits per heavy atom. The summed E-state index contributed by atoms with van der Waals surface area (Å²) < 4.78 is 18.3. The lowest BCUT2D eigenvalue weighted by atomic mass is 10.3. The Morgan fingerprint density at radius 2 is 2.36 bits per heavy atom. The maximum Gasteiger partial charge on any atom is 0.412 e. The van der Waals surface area contributed by atoms with Gasteiger partial charge in [0.2, 0.25) is 0 Å². The van der Waals surface area contributed by atoms with E-state index in [1.54, 1.807) is 6.07 Å². The molecule has 0 aliphatic heterocycles. The zero-order valence-electron chi connectivity index (χ0n) is 6.89. The molecule has 0 unspecified atom stereocenters. The number of rotatable bonds is 2. The van der Waals surface area contributed by atoms with E-state index < -0.39 is 11.9 Å². The van der Waals surface area contributed by atoms with Crippen LogP contribution in [0, 0.1) is 9.39 Å². The van der Waals surface area contributed by atoms with Crippen molar-refractivity contribution in [3.05, 3.63) is 27.6 Å². The maximum atomic E-state index is 13.1. The molecular formula is C8H6ClFINO2. The van der Waals surface area contributed by atoms with Crippen LogP contribution in [0.1, 0.15) is 0 Å². The first-order valence-corrected chi connectivity index (χ1v) is 5.19. The third kappa shape index (κ3) is 3.30. The number of halogens is 3. The molecule has 0 aliphatic rings. The number of ether oxygens (including phenoxy) is 1. The SMILES string of the molecule is O=C(Nc1ccc(I)cc1F)OCCl. The molecule has 0 saturated heterocycles. The van der Waals surface area contributed by atoms with Crippen molar-refractivity contribution < 1.29 is 13.9 Å². The van der Waals surface area contributed by atoms with Gasteiger partial charge in [-0.1, -0.05) is 11.6 Å². The average molecular weight is 329 g/mol. The van der Waals surface area contributed by atoms with Gasteiger partial charge < -0.3 is 4.74 Å². The maximum absolute atomic E-state index is 13.1. The lowest BCUT2D eigenvalue weighted by Gasteiger charge is -2.05. The van der Waals surface area contributed by atoms with E-state index in [9.17, 15) is 9.18 Å². The zero-order chi connectivity index (χ0) is 10.6. The van der Waals surface area contributed by atoms with E-state index in [0.717, 1.165) is 3.57 Å². The average Bonchev–Trinajstić information content (AvgIpc) is 2.10. The van der Waals surface area contributed by atoms with Crippen molar-refractivity contribution in [3.8, 4) is 0 Å². The first-order chi connectivity index (χ1) is 6.63. The molecule has 0 bridgehead atoms. The van der Waals surface area contributed by atoms with Gasteiger partial charge in [-0.3, -0.25) is 5.32 Å². The molecule has 0 radical (unpaired) electrons. The molecule has 1 N–H and O–H groups in total. The molecule has 6 heteroatoms. The Balaban J connectivity index is 2.72. The predicted octanol–water partition coefficient (Wildman–Crippen LogP) is 3.18. The summed E-state index contributed by atoms with van der Waals surface area (Å²) in [7, 11) is 0. The van der Waals surface area contributed by atoms with Crippen molar-refractivity contribution in [1.29, 1.82) is 0 Å². The Kier molecular flexibility index (Phi) is 4.40. The largest absolute Gasteiger partial charge is 0.433 e. The van der Waals surface area contributed by atoms with Gasteiger partial charge in [0, 0.05) is 3.57 Å². The minimum absolute atomic E-state index is 0.0699. The summed E-state index contributed by atoms with van der Waals surface area (Å²) in [4.78, 5) is 10.9. The number of amides is 1. The lowest BCUT2D eigenvalue weighted by molar-refractivity contribution is 0.180. The standard InChI is InChI=1S/C8H6ClFINO2/c9-4-14-8(13)12-7-2-1-5(11)3-6(7)10/h1-3H,4H2,(H,12,13). The highest BCUT2D eigenvalue weighted by Gasteiger charge is 2.07. The number of hydrogen-bond donors (Lipinski definition) is 1. The molecule has 1 aromatic carbocycles. The highest BCUT2D eigenvalue weighted by atomic mass is 127. The Morgan fingerprint density at radius 3 is 2.93 bits per heavy atom. The van der Waals surface area contributed by atoms with Gasteiger partial charge in [0.15, 0.2) is 6.07 Å². The third-order valence-electron chi connectivity index (χ3n) is 1.35. The zero-order valence-corrected chi connectivity index (χ0v) is 9.80. The van der Waals surface area contributed by atoms with Crippen molar-refractivity contribution in [2.45, 2.75) is 0 Å². The predicted molar refractivity (Wildman–Crippen MR) is 59.9 cm³/mol. The van der Waals surface area contributed by atoms with Gasteiger partial charge in [-0.15, -0.1) is 0 Å². The molecule has 0 saturated carbocycles. The number of carbonyl (C=O) groups is 1. The summed E-state index contributed by atoms with van der Waals surface area (Å²) in [5.74, 6) is -0.511. The van der Waals surface area contributed by atoms with Crippen LogP contribution >= 0.6 is 34.2 Å². The second-order valence-corrected chi connectivity index (χ2v) is 3.75. The van der Waals surface area contributed by atoms with Gasteiger partial charge in [-0.25, -0.2) is 9.18 Å². The van der Waals surface area contributed by atoms with E-state index in [0.29, 0.717) is 0 Å². The summed E-state index contributed by atoms with van der Waals surface area (Å²) in [5.41, 5.74) is 0.0699. The molecule has 14 heavy (non-hydrogen) atoms. The van der Waals surface area contributed by atoms with E-state index in [-0.39, 0.29) is 11.8 Å². The van der Waals surface area contributed by atoms with Crippen molar-refractivity contribution in [2.75, 3.05) is 11.4 Å². The third-order valence-corrected chi connectivity index (χ3v) is 2.13. The highest BCUT2D eigenvalue weighted by Crippen LogP contribution is 2.16.